The molecule has 0 saturated carbocycles. The summed E-state index contributed by atoms with van der Waals surface area (Å²) in [5, 5.41) is 121. The first-order valence-corrected chi connectivity index (χ1v) is 41.1. The van der Waals surface area contributed by atoms with Crippen LogP contribution >= 0.6 is 0 Å². The fourth-order valence-electron chi connectivity index (χ4n) is 14.1. The van der Waals surface area contributed by atoms with Gasteiger partial charge in [0.1, 0.15) is 73.2 Å². The first kappa shape index (κ1) is 91.5. The molecule has 0 aliphatic carbocycles. The van der Waals surface area contributed by atoms with Gasteiger partial charge in [0.2, 0.25) is 5.91 Å². The van der Waals surface area contributed by atoms with Crippen LogP contribution in [-0.4, -0.2) is 193 Å². The van der Waals surface area contributed by atoms with Gasteiger partial charge in [0.25, 0.3) is 0 Å². The zero-order valence-corrected chi connectivity index (χ0v) is 62.5. The molecule has 584 valence electrons. The molecule has 19 nitrogen and oxygen atoms in total. The van der Waals surface area contributed by atoms with Crippen molar-refractivity contribution < 1.29 is 89.4 Å². The van der Waals surface area contributed by atoms with E-state index >= 15 is 0 Å². The minimum atomic E-state index is -1.98. The van der Waals surface area contributed by atoms with Gasteiger partial charge in [0, 0.05) is 6.42 Å². The van der Waals surface area contributed by atoms with Crippen molar-refractivity contribution in [3.8, 4) is 0 Å². The molecule has 0 radical (unpaired) electrons. The number of carbonyl (C=O) groups is 1. The maximum Gasteiger partial charge on any atom is 0.220 e. The Morgan fingerprint density at radius 3 is 0.980 bits per heavy atom. The summed E-state index contributed by atoms with van der Waals surface area (Å²) in [7, 11) is 0. The molecule has 3 fully saturated rings. The molecule has 3 heterocycles. The molecular formula is C80H151NO18. The van der Waals surface area contributed by atoms with Crippen molar-refractivity contribution in [2.45, 2.75) is 452 Å². The van der Waals surface area contributed by atoms with Crippen LogP contribution in [0.25, 0.3) is 0 Å². The first-order chi connectivity index (χ1) is 48.3. The van der Waals surface area contributed by atoms with E-state index < -0.39 is 124 Å². The van der Waals surface area contributed by atoms with Crippen molar-refractivity contribution >= 4 is 5.91 Å². The average molecular weight is 1420 g/mol. The fraction of sp³-hybridized carbons (Fsp3) is 0.938. The summed E-state index contributed by atoms with van der Waals surface area (Å²) in [5.41, 5.74) is 0. The van der Waals surface area contributed by atoms with Gasteiger partial charge < -0.3 is 89.9 Å². The topological polar surface area (TPSA) is 307 Å². The second kappa shape index (κ2) is 61.4. The van der Waals surface area contributed by atoms with Gasteiger partial charge in [-0.1, -0.05) is 321 Å². The maximum absolute atomic E-state index is 13.5. The fourth-order valence-corrected chi connectivity index (χ4v) is 14.1. The highest BCUT2D eigenvalue weighted by Crippen LogP contribution is 2.33. The van der Waals surface area contributed by atoms with Crippen LogP contribution in [0.1, 0.15) is 348 Å². The Morgan fingerprint density at radius 2 is 0.636 bits per heavy atom. The lowest BCUT2D eigenvalue weighted by molar-refractivity contribution is -0.379. The second-order valence-corrected chi connectivity index (χ2v) is 29.6. The molecule has 19 heteroatoms. The summed E-state index contributed by atoms with van der Waals surface area (Å²) in [6, 6.07) is -0.970. The molecule has 12 N–H and O–H groups in total. The smallest absolute Gasteiger partial charge is 0.220 e. The summed E-state index contributed by atoms with van der Waals surface area (Å²) >= 11 is 0. The molecule has 17 unspecified atom stereocenters. The third-order valence-corrected chi connectivity index (χ3v) is 20.7. The predicted octanol–water partition coefficient (Wildman–Crippen LogP) is 13.7. The van der Waals surface area contributed by atoms with E-state index in [0.717, 1.165) is 44.9 Å². The molecule has 0 aromatic heterocycles. The van der Waals surface area contributed by atoms with E-state index in [1.165, 1.54) is 276 Å². The molecular weight excluding hydrogens is 1260 g/mol. The van der Waals surface area contributed by atoms with Crippen molar-refractivity contribution in [1.82, 2.24) is 5.32 Å². The van der Waals surface area contributed by atoms with E-state index in [9.17, 15) is 61.0 Å². The van der Waals surface area contributed by atoms with Crippen molar-refractivity contribution in [2.24, 2.45) is 0 Å². The lowest BCUT2D eigenvalue weighted by Gasteiger charge is -2.48. The minimum Gasteiger partial charge on any atom is -0.394 e. The molecule has 0 spiro atoms. The zero-order chi connectivity index (χ0) is 71.8. The van der Waals surface area contributed by atoms with Crippen molar-refractivity contribution in [3.05, 3.63) is 24.3 Å². The highest BCUT2D eigenvalue weighted by atomic mass is 16.8. The quantitative estimate of drug-likeness (QED) is 0.0199. The van der Waals surface area contributed by atoms with Crippen molar-refractivity contribution in [3.63, 3.8) is 0 Å². The van der Waals surface area contributed by atoms with Gasteiger partial charge in [-0.2, -0.15) is 0 Å². The number of amides is 1. The van der Waals surface area contributed by atoms with E-state index in [1.807, 2.05) is 6.08 Å². The van der Waals surface area contributed by atoms with Gasteiger partial charge in [0.05, 0.1) is 38.6 Å². The molecule has 3 aliphatic heterocycles. The molecule has 1 amide bonds. The number of unbranched alkanes of at least 4 members (excludes halogenated alkanes) is 48. The van der Waals surface area contributed by atoms with E-state index in [2.05, 4.69) is 31.3 Å². The Kier molecular flexibility index (Phi) is 56.8. The van der Waals surface area contributed by atoms with E-state index in [4.69, 9.17) is 28.4 Å². The van der Waals surface area contributed by atoms with Crippen LogP contribution in [0.4, 0.5) is 0 Å². The van der Waals surface area contributed by atoms with Gasteiger partial charge in [-0.05, 0) is 44.9 Å². The highest BCUT2D eigenvalue weighted by Gasteiger charge is 2.54. The van der Waals surface area contributed by atoms with Crippen LogP contribution in [0, 0.1) is 0 Å². The summed E-state index contributed by atoms with van der Waals surface area (Å²) in [4.78, 5) is 13.5. The number of hydrogen-bond donors (Lipinski definition) is 12. The van der Waals surface area contributed by atoms with Gasteiger partial charge in [-0.15, -0.1) is 0 Å². The molecule has 99 heavy (non-hydrogen) atoms. The number of allylic oxidation sites excluding steroid dienone is 3. The normalized spacial score (nSPS) is 26.7. The first-order valence-electron chi connectivity index (χ1n) is 41.1. The molecule has 3 aliphatic rings. The Bertz CT molecular complexity index is 1880. The summed E-state index contributed by atoms with van der Waals surface area (Å²) in [5.74, 6) is -0.268. The Balaban J connectivity index is 1.31. The summed E-state index contributed by atoms with van der Waals surface area (Å²) in [6.07, 6.45) is 47.6. The number of ether oxygens (including phenoxy) is 6. The Hall–Kier alpha value is -1.73. The van der Waals surface area contributed by atoms with Crippen LogP contribution in [0.5, 0.6) is 0 Å². The highest BCUT2D eigenvalue weighted by molar-refractivity contribution is 5.76. The monoisotopic (exact) mass is 1410 g/mol. The van der Waals surface area contributed by atoms with Crippen molar-refractivity contribution in [1.29, 1.82) is 0 Å². The van der Waals surface area contributed by atoms with Crippen LogP contribution in [0.2, 0.25) is 0 Å². The van der Waals surface area contributed by atoms with Crippen LogP contribution < -0.4 is 5.32 Å². The number of nitrogens with one attached hydrogen (secondary N) is 1. The van der Waals surface area contributed by atoms with Crippen LogP contribution in [-0.2, 0) is 33.2 Å². The molecule has 17 atom stereocenters. The maximum atomic E-state index is 13.5. The third kappa shape index (κ3) is 41.7. The minimum absolute atomic E-state index is 0.249. The lowest BCUT2D eigenvalue weighted by Crippen LogP contribution is -2.66. The lowest BCUT2D eigenvalue weighted by atomic mass is 9.96. The molecule has 3 saturated heterocycles. The third-order valence-electron chi connectivity index (χ3n) is 20.7. The number of rotatable bonds is 66. The summed E-state index contributed by atoms with van der Waals surface area (Å²) in [6.45, 7) is 1.78. The summed E-state index contributed by atoms with van der Waals surface area (Å²) < 4.78 is 34.4. The Morgan fingerprint density at radius 1 is 0.354 bits per heavy atom. The van der Waals surface area contributed by atoms with Crippen molar-refractivity contribution in [2.75, 3.05) is 26.4 Å². The van der Waals surface area contributed by atoms with Gasteiger partial charge in [0.15, 0.2) is 18.9 Å². The standard InChI is InChI=1S/C80H151NO18/c1-3-5-7-9-11-13-15-17-19-21-22-23-24-25-26-27-28-29-30-31-32-33-34-35-36-37-38-39-40-42-44-46-48-50-52-54-56-58-68(86)81-63(64(85)57-55-53-51-49-47-45-43-41-20-18-16-14-12-10-8-6-4-2)62-94-78-74(92)71(89)76(66(60-83)96-78)99-80-75(93)72(90)77(67(61-84)97-80)98-79-73(91)70(88)69(87)65(59-82)95-79/h21-22,55,57,63-67,69-80,82-85,87-93H,3-20,23-54,56,58-62H2,1-2H3,(H,81,86)/b22-21-,57-55+. The van der Waals surface area contributed by atoms with Gasteiger partial charge in [-0.25, -0.2) is 0 Å². The number of hydrogen-bond acceptors (Lipinski definition) is 18. The molecule has 0 bridgehead atoms. The van der Waals surface area contributed by atoms with E-state index in [1.54, 1.807) is 6.08 Å². The van der Waals surface area contributed by atoms with Crippen LogP contribution in [0.15, 0.2) is 24.3 Å². The molecule has 0 aromatic carbocycles. The SMILES string of the molecule is CCCCCCCCCC/C=C\CCCCCCCCCCCCCCCCCCCCCCCCCCCC(=O)NC(COC1OC(CO)C(OC2OC(CO)C(OC3OC(CO)C(O)C(O)C3O)C(O)C2O)C(O)C1O)C(O)/C=C/CCCCCCCCCCCCCCCCC. The molecule has 0 aromatic rings. The Labute approximate surface area is 600 Å². The average Bonchev–Trinajstić information content (AvgIpc) is 0.786. The largest absolute Gasteiger partial charge is 0.394 e. The zero-order valence-electron chi connectivity index (χ0n) is 62.5. The number of aliphatic hydroxyl groups excluding tert-OH is 11. The second-order valence-electron chi connectivity index (χ2n) is 29.6. The molecule has 3 rings (SSSR count). The van der Waals surface area contributed by atoms with Gasteiger partial charge in [-0.3, -0.25) is 4.79 Å². The van der Waals surface area contributed by atoms with E-state index in [-0.39, 0.29) is 18.9 Å². The number of carbonyl (C=O) groups excluding carboxylic acids is 1. The predicted molar refractivity (Wildman–Crippen MR) is 393 cm³/mol. The van der Waals surface area contributed by atoms with E-state index in [0.29, 0.717) is 6.42 Å². The van der Waals surface area contributed by atoms with Crippen LogP contribution in [0.3, 0.4) is 0 Å². The number of aliphatic hydroxyl groups is 11. The van der Waals surface area contributed by atoms with Gasteiger partial charge >= 0.3 is 0 Å².